The zero-order chi connectivity index (χ0) is 22.7. The monoisotopic (exact) mass is 467 g/mol. The number of nitrogens with zero attached hydrogens (tertiary/aromatic N) is 3. The molecule has 0 N–H and O–H groups in total. The van der Waals surface area contributed by atoms with Crippen molar-refractivity contribution in [3.63, 3.8) is 0 Å². The van der Waals surface area contributed by atoms with Gasteiger partial charge in [0.1, 0.15) is 21.3 Å². The quantitative estimate of drug-likeness (QED) is 0.295. The zero-order valence-corrected chi connectivity index (χ0v) is 19.2. The maximum atomic E-state index is 13.3. The molecule has 1 amide bonds. The fraction of sp³-hybridized carbons (Fsp3) is 0.217. The highest BCUT2D eigenvalue weighted by atomic mass is 32.2. The van der Waals surface area contributed by atoms with Gasteiger partial charge in [-0.3, -0.25) is 18.9 Å². The van der Waals surface area contributed by atoms with Crippen LogP contribution in [0.2, 0.25) is 0 Å². The zero-order valence-electron chi connectivity index (χ0n) is 17.6. The highest BCUT2D eigenvalue weighted by molar-refractivity contribution is 8.26. The Kier molecular flexibility index (Phi) is 6.69. The number of fused-ring (bicyclic) bond motifs is 1. The molecule has 1 aliphatic rings. The molecule has 1 saturated heterocycles. The van der Waals surface area contributed by atoms with Crippen molar-refractivity contribution >= 4 is 45.9 Å². The first-order chi connectivity index (χ1) is 15.5. The Balaban J connectivity index is 1.78. The van der Waals surface area contributed by atoms with Crippen LogP contribution in [0.5, 0.6) is 11.6 Å². The number of rotatable bonds is 7. The molecule has 3 heterocycles. The highest BCUT2D eigenvalue weighted by Crippen LogP contribution is 2.34. The molecule has 7 nitrogen and oxygen atoms in total. The molecular weight excluding hydrogens is 446 g/mol. The van der Waals surface area contributed by atoms with Gasteiger partial charge in [-0.05, 0) is 43.2 Å². The first-order valence-electron chi connectivity index (χ1n) is 9.99. The van der Waals surface area contributed by atoms with Gasteiger partial charge in [0.05, 0.1) is 4.91 Å². The number of benzene rings is 1. The van der Waals surface area contributed by atoms with Crippen LogP contribution in [-0.2, 0) is 9.53 Å². The van der Waals surface area contributed by atoms with Gasteiger partial charge >= 0.3 is 0 Å². The number of ether oxygens (including phenoxy) is 2. The van der Waals surface area contributed by atoms with E-state index < -0.39 is 0 Å². The Hall–Kier alpha value is -3.01. The summed E-state index contributed by atoms with van der Waals surface area (Å²) < 4.78 is 13.0. The number of methoxy groups -OCH3 is 1. The number of hydrogen-bond donors (Lipinski definition) is 0. The van der Waals surface area contributed by atoms with E-state index in [0.717, 1.165) is 17.3 Å². The molecule has 0 bridgehead atoms. The van der Waals surface area contributed by atoms with Crippen LogP contribution in [0.4, 0.5) is 0 Å². The summed E-state index contributed by atoms with van der Waals surface area (Å²) >= 11 is 6.54. The first kappa shape index (κ1) is 22.2. The smallest absolute Gasteiger partial charge is 0.269 e. The van der Waals surface area contributed by atoms with Crippen LogP contribution >= 0.6 is 24.0 Å². The number of aryl methyl sites for hydroxylation is 1. The standard InChI is InChI=1S/C23H21N3O4S2/c1-15-8-3-4-9-17(15)30-20-16(21(27)25-11-6-5-10-19(25)24-20)14-18-22(28)26(23(31)32-18)12-7-13-29-2/h3-6,8-11,14H,7,12-13H2,1-2H3. The van der Waals surface area contributed by atoms with Gasteiger partial charge < -0.3 is 9.47 Å². The van der Waals surface area contributed by atoms with Crippen molar-refractivity contribution in [2.45, 2.75) is 13.3 Å². The van der Waals surface area contributed by atoms with Crippen LogP contribution in [0.25, 0.3) is 11.7 Å². The van der Waals surface area contributed by atoms with Crippen LogP contribution in [0.3, 0.4) is 0 Å². The minimum Gasteiger partial charge on any atom is -0.438 e. The number of carbonyl (C=O) groups is 1. The average Bonchev–Trinajstić information content (AvgIpc) is 3.05. The van der Waals surface area contributed by atoms with E-state index >= 15 is 0 Å². The van der Waals surface area contributed by atoms with Gasteiger partial charge in [0, 0.05) is 26.5 Å². The molecule has 9 heteroatoms. The van der Waals surface area contributed by atoms with E-state index in [1.54, 1.807) is 31.5 Å². The molecule has 0 aliphatic carbocycles. The summed E-state index contributed by atoms with van der Waals surface area (Å²) in [6.07, 6.45) is 3.82. The lowest BCUT2D eigenvalue weighted by molar-refractivity contribution is -0.122. The Morgan fingerprint density at radius 2 is 1.94 bits per heavy atom. The number of thioether (sulfide) groups is 1. The molecule has 0 spiro atoms. The summed E-state index contributed by atoms with van der Waals surface area (Å²) in [7, 11) is 1.61. The van der Waals surface area contributed by atoms with E-state index in [4.69, 9.17) is 21.7 Å². The van der Waals surface area contributed by atoms with Crippen LogP contribution in [0, 0.1) is 6.92 Å². The number of carbonyl (C=O) groups excluding carboxylic acids is 1. The highest BCUT2D eigenvalue weighted by Gasteiger charge is 2.32. The van der Waals surface area contributed by atoms with E-state index in [0.29, 0.717) is 40.2 Å². The maximum absolute atomic E-state index is 13.3. The summed E-state index contributed by atoms with van der Waals surface area (Å²) in [5.41, 5.74) is 1.21. The van der Waals surface area contributed by atoms with Gasteiger partial charge in [-0.2, -0.15) is 4.98 Å². The Bertz CT molecular complexity index is 1290. The van der Waals surface area contributed by atoms with Gasteiger partial charge in [0.25, 0.3) is 11.5 Å². The van der Waals surface area contributed by atoms with E-state index in [-0.39, 0.29) is 22.9 Å². The van der Waals surface area contributed by atoms with Crippen LogP contribution in [0.15, 0.2) is 58.4 Å². The van der Waals surface area contributed by atoms with Crippen LogP contribution < -0.4 is 10.3 Å². The molecule has 2 aromatic heterocycles. The largest absolute Gasteiger partial charge is 0.438 e. The molecule has 164 valence electrons. The third-order valence-electron chi connectivity index (χ3n) is 4.91. The predicted octanol–water partition coefficient (Wildman–Crippen LogP) is 4.03. The fourth-order valence-electron chi connectivity index (χ4n) is 3.25. The SMILES string of the molecule is COCCCN1C(=O)C(=Cc2c(Oc3ccccc3C)nc3ccccn3c2=O)SC1=S. The third kappa shape index (κ3) is 4.45. The summed E-state index contributed by atoms with van der Waals surface area (Å²) in [4.78, 5) is 32.7. The molecule has 32 heavy (non-hydrogen) atoms. The molecule has 3 aromatic rings. The van der Waals surface area contributed by atoms with Crippen molar-refractivity contribution in [1.29, 1.82) is 0 Å². The predicted molar refractivity (Wildman–Crippen MR) is 129 cm³/mol. The van der Waals surface area contributed by atoms with Crippen molar-refractivity contribution < 1.29 is 14.3 Å². The lowest BCUT2D eigenvalue weighted by Crippen LogP contribution is -2.29. The summed E-state index contributed by atoms with van der Waals surface area (Å²) in [6, 6.07) is 12.7. The van der Waals surface area contributed by atoms with Gasteiger partial charge in [-0.15, -0.1) is 0 Å². The minimum absolute atomic E-state index is 0.139. The molecule has 4 rings (SSSR count). The van der Waals surface area contributed by atoms with E-state index in [9.17, 15) is 9.59 Å². The average molecular weight is 468 g/mol. The van der Waals surface area contributed by atoms with Gasteiger partial charge in [0.15, 0.2) is 0 Å². The summed E-state index contributed by atoms with van der Waals surface area (Å²) in [6.45, 7) is 2.89. The Labute approximate surface area is 194 Å². The lowest BCUT2D eigenvalue weighted by Gasteiger charge is -2.13. The number of amides is 1. The van der Waals surface area contributed by atoms with Gasteiger partial charge in [-0.25, -0.2) is 0 Å². The second kappa shape index (κ2) is 9.64. The molecule has 0 unspecified atom stereocenters. The molecule has 0 atom stereocenters. The van der Waals surface area contributed by atoms with E-state index in [1.165, 1.54) is 15.4 Å². The van der Waals surface area contributed by atoms with Crippen LogP contribution in [0.1, 0.15) is 17.5 Å². The number of para-hydroxylation sites is 1. The van der Waals surface area contributed by atoms with Crippen molar-refractivity contribution in [3.8, 4) is 11.6 Å². The molecule has 0 saturated carbocycles. The second-order valence-corrected chi connectivity index (χ2v) is 8.79. The molecule has 1 fully saturated rings. The minimum atomic E-state index is -0.330. The number of pyridine rings is 1. The number of thiocarbonyl (C=S) groups is 1. The second-order valence-electron chi connectivity index (χ2n) is 7.11. The van der Waals surface area contributed by atoms with E-state index in [1.807, 2.05) is 31.2 Å². The van der Waals surface area contributed by atoms with Crippen molar-refractivity contribution in [2.24, 2.45) is 0 Å². The van der Waals surface area contributed by atoms with Crippen molar-refractivity contribution in [2.75, 3.05) is 20.3 Å². The number of aromatic nitrogens is 2. The molecular formula is C23H21N3O4S2. The fourth-order valence-corrected chi connectivity index (χ4v) is 4.54. The van der Waals surface area contributed by atoms with Gasteiger partial charge in [-0.1, -0.05) is 48.2 Å². The molecule has 1 aliphatic heterocycles. The summed E-state index contributed by atoms with van der Waals surface area (Å²) in [5.74, 6) is 0.483. The normalized spacial score (nSPS) is 15.2. The Morgan fingerprint density at radius 3 is 2.72 bits per heavy atom. The summed E-state index contributed by atoms with van der Waals surface area (Å²) in [5, 5.41) is 0. The molecule has 0 radical (unpaired) electrons. The number of hydrogen-bond acceptors (Lipinski definition) is 7. The van der Waals surface area contributed by atoms with Crippen molar-refractivity contribution in [3.05, 3.63) is 75.0 Å². The van der Waals surface area contributed by atoms with Crippen molar-refractivity contribution in [1.82, 2.24) is 14.3 Å². The topological polar surface area (TPSA) is 73.1 Å². The maximum Gasteiger partial charge on any atom is 0.269 e. The van der Waals surface area contributed by atoms with E-state index in [2.05, 4.69) is 4.98 Å². The first-order valence-corrected chi connectivity index (χ1v) is 11.2. The van der Waals surface area contributed by atoms with Gasteiger partial charge in [0.2, 0.25) is 5.88 Å². The van der Waals surface area contributed by atoms with Crippen LogP contribution in [-0.4, -0.2) is 44.8 Å². The third-order valence-corrected chi connectivity index (χ3v) is 6.29. The lowest BCUT2D eigenvalue weighted by atomic mass is 10.2. The Morgan fingerprint density at radius 1 is 1.16 bits per heavy atom. The molecule has 1 aromatic carbocycles.